The molecule has 1 atom stereocenters. The van der Waals surface area contributed by atoms with Gasteiger partial charge in [-0.25, -0.2) is 4.79 Å². The molecule has 0 aromatic rings. The van der Waals surface area contributed by atoms with Gasteiger partial charge in [0.05, 0.1) is 6.10 Å². The van der Waals surface area contributed by atoms with Gasteiger partial charge in [-0.15, -0.1) is 0 Å². The number of carbonyl (C=O) groups excluding carboxylic acids is 1. The summed E-state index contributed by atoms with van der Waals surface area (Å²) in [4.78, 5) is 9.72. The first kappa shape index (κ1) is 7.95. The molecule has 0 radical (unpaired) electrons. The maximum absolute atomic E-state index is 10.1. The number of ether oxygens (including phenoxy) is 1. The lowest BCUT2D eigenvalue weighted by Gasteiger charge is -2.05. The van der Waals surface area contributed by atoms with Gasteiger partial charge in [0, 0.05) is 15.9 Å². The molecule has 0 rings (SSSR count). The molecule has 0 saturated carbocycles. The van der Waals surface area contributed by atoms with E-state index >= 15 is 0 Å². The molecular formula is C5H9BrO2. The van der Waals surface area contributed by atoms with Gasteiger partial charge < -0.3 is 4.74 Å². The Labute approximate surface area is 57.3 Å². The monoisotopic (exact) mass is 180 g/mol. The van der Waals surface area contributed by atoms with Crippen molar-refractivity contribution >= 4 is 20.8 Å². The predicted octanol–water partition coefficient (Wildman–Crippen LogP) is 2.32. The Hall–Kier alpha value is -0.0500. The smallest absolute Gasteiger partial charge is 0.374 e. The standard InChI is InChI=1S/C5H9BrO2/c1-3-4(2)8-5(6)7/h4H,3H2,1-2H3. The Morgan fingerprint density at radius 2 is 2.38 bits per heavy atom. The van der Waals surface area contributed by atoms with Crippen molar-refractivity contribution in [2.75, 3.05) is 0 Å². The normalized spacial score (nSPS) is 12.9. The van der Waals surface area contributed by atoms with Gasteiger partial charge >= 0.3 is 4.88 Å². The van der Waals surface area contributed by atoms with Crippen LogP contribution in [0.5, 0.6) is 0 Å². The summed E-state index contributed by atoms with van der Waals surface area (Å²) in [6.07, 6.45) is 0.888. The first-order valence-corrected chi connectivity index (χ1v) is 3.32. The molecule has 8 heavy (non-hydrogen) atoms. The van der Waals surface area contributed by atoms with E-state index < -0.39 is 0 Å². The van der Waals surface area contributed by atoms with E-state index in [1.54, 1.807) is 0 Å². The molecule has 48 valence electrons. The van der Waals surface area contributed by atoms with E-state index in [1.807, 2.05) is 13.8 Å². The third-order valence-electron chi connectivity index (χ3n) is 0.869. The predicted molar refractivity (Wildman–Crippen MR) is 35.2 cm³/mol. The van der Waals surface area contributed by atoms with Crippen LogP contribution in [0.15, 0.2) is 0 Å². The van der Waals surface area contributed by atoms with Gasteiger partial charge in [-0.3, -0.25) is 0 Å². The lowest BCUT2D eigenvalue weighted by Crippen LogP contribution is -2.06. The number of hydrogen-bond acceptors (Lipinski definition) is 2. The summed E-state index contributed by atoms with van der Waals surface area (Å²) in [5, 5.41) is 0. The van der Waals surface area contributed by atoms with E-state index in [-0.39, 0.29) is 11.0 Å². The van der Waals surface area contributed by atoms with Crippen LogP contribution < -0.4 is 0 Å². The molecule has 1 unspecified atom stereocenters. The van der Waals surface area contributed by atoms with Gasteiger partial charge in [0.2, 0.25) is 0 Å². The SMILES string of the molecule is CCC(C)OC(=O)Br. The Morgan fingerprint density at radius 1 is 1.88 bits per heavy atom. The summed E-state index contributed by atoms with van der Waals surface area (Å²) in [6.45, 7) is 3.81. The summed E-state index contributed by atoms with van der Waals surface area (Å²) in [6, 6.07) is 0. The molecule has 0 aromatic heterocycles. The van der Waals surface area contributed by atoms with Crippen molar-refractivity contribution in [1.82, 2.24) is 0 Å². The van der Waals surface area contributed by atoms with Crippen molar-refractivity contribution in [3.63, 3.8) is 0 Å². The minimum Gasteiger partial charge on any atom is -0.454 e. The third-order valence-corrected chi connectivity index (χ3v) is 1.06. The van der Waals surface area contributed by atoms with Crippen LogP contribution in [0.2, 0.25) is 0 Å². The van der Waals surface area contributed by atoms with Gasteiger partial charge in [-0.2, -0.15) is 0 Å². The molecule has 0 saturated heterocycles. The van der Waals surface area contributed by atoms with Crippen LogP contribution >= 0.6 is 15.9 Å². The fourth-order valence-electron chi connectivity index (χ4n) is 0.242. The zero-order valence-electron chi connectivity index (χ0n) is 4.98. The number of hydrogen-bond donors (Lipinski definition) is 0. The topological polar surface area (TPSA) is 26.3 Å². The van der Waals surface area contributed by atoms with E-state index in [1.165, 1.54) is 0 Å². The summed E-state index contributed by atoms with van der Waals surface area (Å²) < 4.78 is 4.68. The van der Waals surface area contributed by atoms with Gasteiger partial charge in [0.1, 0.15) is 0 Å². The number of carbonyl (C=O) groups is 1. The largest absolute Gasteiger partial charge is 0.454 e. The van der Waals surface area contributed by atoms with Crippen LogP contribution in [0, 0.1) is 0 Å². The zero-order chi connectivity index (χ0) is 6.57. The number of halogens is 1. The van der Waals surface area contributed by atoms with Crippen LogP contribution in [-0.2, 0) is 4.74 Å². The average molecular weight is 181 g/mol. The van der Waals surface area contributed by atoms with Gasteiger partial charge in [-0.05, 0) is 13.3 Å². The maximum Gasteiger partial charge on any atom is 0.374 e. The van der Waals surface area contributed by atoms with Gasteiger partial charge in [0.25, 0.3) is 0 Å². The van der Waals surface area contributed by atoms with E-state index in [9.17, 15) is 4.79 Å². The van der Waals surface area contributed by atoms with Crippen LogP contribution in [0.25, 0.3) is 0 Å². The highest BCUT2D eigenvalue weighted by Gasteiger charge is 2.00. The summed E-state index contributed by atoms with van der Waals surface area (Å²) >= 11 is 2.65. The second-order valence-corrected chi connectivity index (χ2v) is 2.22. The molecule has 0 aromatic carbocycles. The van der Waals surface area contributed by atoms with E-state index in [4.69, 9.17) is 0 Å². The summed E-state index contributed by atoms with van der Waals surface area (Å²) in [5.41, 5.74) is 0. The van der Waals surface area contributed by atoms with Crippen molar-refractivity contribution in [2.45, 2.75) is 26.4 Å². The Morgan fingerprint density at radius 3 is 2.50 bits per heavy atom. The van der Waals surface area contributed by atoms with Crippen LogP contribution in [-0.4, -0.2) is 11.0 Å². The molecule has 2 nitrogen and oxygen atoms in total. The second-order valence-electron chi connectivity index (χ2n) is 1.57. The van der Waals surface area contributed by atoms with Crippen LogP contribution in [0.3, 0.4) is 0 Å². The summed E-state index contributed by atoms with van der Waals surface area (Å²) in [7, 11) is 0. The third kappa shape index (κ3) is 4.12. The van der Waals surface area contributed by atoms with Crippen LogP contribution in [0.4, 0.5) is 4.79 Å². The molecule has 0 amide bonds. The van der Waals surface area contributed by atoms with Crippen molar-refractivity contribution in [2.24, 2.45) is 0 Å². The molecule has 0 bridgehead atoms. The van der Waals surface area contributed by atoms with E-state index in [0.717, 1.165) is 6.42 Å². The molecule has 3 heteroatoms. The minimum atomic E-state index is -0.383. The average Bonchev–Trinajstić information content (AvgIpc) is 1.65. The van der Waals surface area contributed by atoms with Gasteiger partial charge in [-0.1, -0.05) is 6.92 Å². The molecule has 0 spiro atoms. The van der Waals surface area contributed by atoms with Crippen LogP contribution in [0.1, 0.15) is 20.3 Å². The fourth-order valence-corrected chi connectivity index (χ4v) is 0.561. The van der Waals surface area contributed by atoms with Crippen molar-refractivity contribution in [3.8, 4) is 0 Å². The van der Waals surface area contributed by atoms with Crippen molar-refractivity contribution < 1.29 is 9.53 Å². The highest BCUT2D eigenvalue weighted by atomic mass is 79.9. The number of rotatable bonds is 2. The molecule has 0 N–H and O–H groups in total. The highest BCUT2D eigenvalue weighted by molar-refractivity contribution is 9.18. The quantitative estimate of drug-likeness (QED) is 0.611. The first-order chi connectivity index (χ1) is 3.66. The molecule has 0 aliphatic rings. The first-order valence-electron chi connectivity index (χ1n) is 2.53. The lowest BCUT2D eigenvalue weighted by molar-refractivity contribution is 0.132. The molecule has 0 aliphatic carbocycles. The fraction of sp³-hybridized carbons (Fsp3) is 0.800. The second kappa shape index (κ2) is 3.89. The Kier molecular flexibility index (Phi) is 3.87. The zero-order valence-corrected chi connectivity index (χ0v) is 6.56. The molecule has 0 aliphatic heterocycles. The maximum atomic E-state index is 10.1. The lowest BCUT2D eigenvalue weighted by atomic mass is 10.3. The highest BCUT2D eigenvalue weighted by Crippen LogP contribution is 2.00. The minimum absolute atomic E-state index is 0.0295. The Balaban J connectivity index is 3.24. The van der Waals surface area contributed by atoms with Crippen molar-refractivity contribution in [3.05, 3.63) is 0 Å². The van der Waals surface area contributed by atoms with Crippen molar-refractivity contribution in [1.29, 1.82) is 0 Å². The molecular weight excluding hydrogens is 172 g/mol. The molecule has 0 heterocycles. The van der Waals surface area contributed by atoms with E-state index in [0.29, 0.717) is 0 Å². The van der Waals surface area contributed by atoms with E-state index in [2.05, 4.69) is 20.7 Å². The molecule has 0 fully saturated rings. The van der Waals surface area contributed by atoms with Gasteiger partial charge in [0.15, 0.2) is 0 Å². The summed E-state index contributed by atoms with van der Waals surface area (Å²) in [5.74, 6) is 0. The Bertz CT molecular complexity index is 82.5.